The molecule has 110 valence electrons. The molecule has 21 heavy (non-hydrogen) atoms. The van der Waals surface area contributed by atoms with Crippen molar-refractivity contribution in [1.82, 2.24) is 10.5 Å². The van der Waals surface area contributed by atoms with Crippen LogP contribution in [0.15, 0.2) is 48.5 Å². The van der Waals surface area contributed by atoms with Gasteiger partial charge in [0.05, 0.1) is 7.11 Å². The van der Waals surface area contributed by atoms with Crippen LogP contribution >= 0.6 is 0 Å². The minimum Gasteiger partial charge on any atom is -0.497 e. The lowest BCUT2D eigenvalue weighted by Gasteiger charge is -2.15. The topological polar surface area (TPSA) is 43.0 Å². The van der Waals surface area contributed by atoms with E-state index in [1.165, 1.54) is 11.3 Å². The van der Waals surface area contributed by atoms with E-state index in [-0.39, 0.29) is 5.82 Å². The van der Waals surface area contributed by atoms with Crippen molar-refractivity contribution >= 4 is 0 Å². The zero-order valence-electron chi connectivity index (χ0n) is 11.5. The maximum Gasteiger partial charge on any atom is 0.163 e. The monoisotopic (exact) mass is 290 g/mol. The molecule has 0 amide bonds. The summed E-state index contributed by atoms with van der Waals surface area (Å²) >= 11 is 0. The van der Waals surface area contributed by atoms with E-state index in [4.69, 9.17) is 14.4 Å². The van der Waals surface area contributed by atoms with Gasteiger partial charge in [0.25, 0.3) is 0 Å². The van der Waals surface area contributed by atoms with Gasteiger partial charge in [-0.3, -0.25) is 5.32 Å². The van der Waals surface area contributed by atoms with E-state index in [1.54, 1.807) is 49.6 Å². The minimum atomic E-state index is -0.565. The van der Waals surface area contributed by atoms with Gasteiger partial charge in [0.15, 0.2) is 12.0 Å². The van der Waals surface area contributed by atoms with Crippen molar-refractivity contribution in [2.45, 2.75) is 6.23 Å². The van der Waals surface area contributed by atoms with Crippen molar-refractivity contribution in [1.29, 1.82) is 0 Å². The second-order valence-electron chi connectivity index (χ2n) is 4.47. The molecule has 1 heterocycles. The maximum atomic E-state index is 13.7. The van der Waals surface area contributed by atoms with Gasteiger partial charge in [0.2, 0.25) is 0 Å². The third kappa shape index (κ3) is 3.13. The van der Waals surface area contributed by atoms with Gasteiger partial charge in [-0.05, 0) is 35.6 Å². The zero-order valence-corrected chi connectivity index (χ0v) is 11.5. The summed E-state index contributed by atoms with van der Waals surface area (Å²) in [5.41, 5.74) is 0.443. The molecule has 1 aliphatic heterocycles. The fraction of sp³-hybridized carbons (Fsp3) is 0.200. The highest BCUT2D eigenvalue weighted by Crippen LogP contribution is 2.25. The molecule has 1 unspecified atom stereocenters. The quantitative estimate of drug-likeness (QED) is 0.937. The van der Waals surface area contributed by atoms with Crippen LogP contribution < -0.4 is 14.9 Å². The first-order valence-electron chi connectivity index (χ1n) is 6.50. The van der Waals surface area contributed by atoms with Crippen LogP contribution in [0.25, 0.3) is 0 Å². The SMILES string of the molecule is COc1ccc(ON2CNC(c3ccccc3F)O2)cc1. The van der Waals surface area contributed by atoms with Gasteiger partial charge in [0, 0.05) is 5.56 Å². The number of rotatable bonds is 4. The molecule has 1 N–H and O–H groups in total. The predicted molar refractivity (Wildman–Crippen MR) is 73.7 cm³/mol. The summed E-state index contributed by atoms with van der Waals surface area (Å²) in [6, 6.07) is 13.6. The van der Waals surface area contributed by atoms with Crippen molar-refractivity contribution < 1.29 is 18.8 Å². The molecular weight excluding hydrogens is 275 g/mol. The van der Waals surface area contributed by atoms with E-state index in [0.717, 1.165) is 5.75 Å². The molecule has 2 aromatic carbocycles. The number of nitrogens with zero attached hydrogens (tertiary/aromatic N) is 1. The summed E-state index contributed by atoms with van der Waals surface area (Å²) in [6.45, 7) is 0.324. The van der Waals surface area contributed by atoms with Crippen molar-refractivity contribution in [2.24, 2.45) is 0 Å². The van der Waals surface area contributed by atoms with Gasteiger partial charge < -0.3 is 9.57 Å². The van der Waals surface area contributed by atoms with Crippen molar-refractivity contribution in [3.63, 3.8) is 0 Å². The Kier molecular flexibility index (Phi) is 4.01. The molecule has 1 atom stereocenters. The first-order valence-corrected chi connectivity index (χ1v) is 6.50. The third-order valence-electron chi connectivity index (χ3n) is 3.08. The van der Waals surface area contributed by atoms with Crippen LogP contribution in [0.4, 0.5) is 4.39 Å². The molecule has 0 bridgehead atoms. The van der Waals surface area contributed by atoms with Gasteiger partial charge >= 0.3 is 0 Å². The van der Waals surface area contributed by atoms with E-state index >= 15 is 0 Å². The first kappa shape index (κ1) is 13.8. The van der Waals surface area contributed by atoms with Crippen LogP contribution in [0.2, 0.25) is 0 Å². The first-order chi connectivity index (χ1) is 10.3. The summed E-state index contributed by atoms with van der Waals surface area (Å²) in [7, 11) is 1.60. The summed E-state index contributed by atoms with van der Waals surface area (Å²) in [5, 5.41) is 4.30. The Morgan fingerprint density at radius 1 is 1.14 bits per heavy atom. The number of nitrogens with one attached hydrogen (secondary N) is 1. The summed E-state index contributed by atoms with van der Waals surface area (Å²) in [5.74, 6) is 1.03. The van der Waals surface area contributed by atoms with Gasteiger partial charge in [-0.1, -0.05) is 18.2 Å². The molecule has 0 spiro atoms. The van der Waals surface area contributed by atoms with Crippen LogP contribution in [-0.4, -0.2) is 19.0 Å². The lowest BCUT2D eigenvalue weighted by molar-refractivity contribution is -0.304. The molecule has 3 rings (SSSR count). The van der Waals surface area contributed by atoms with Crippen LogP contribution in [0.3, 0.4) is 0 Å². The molecule has 1 fully saturated rings. The highest BCUT2D eigenvalue weighted by atomic mass is 19.1. The van der Waals surface area contributed by atoms with Gasteiger partial charge in [-0.2, -0.15) is 0 Å². The molecule has 5 nitrogen and oxygen atoms in total. The average molecular weight is 290 g/mol. The van der Waals surface area contributed by atoms with E-state index < -0.39 is 6.23 Å². The predicted octanol–water partition coefficient (Wildman–Crippen LogP) is 2.62. The summed E-state index contributed by atoms with van der Waals surface area (Å²) < 4.78 is 18.8. The molecule has 0 aliphatic carbocycles. The largest absolute Gasteiger partial charge is 0.497 e. The second-order valence-corrected chi connectivity index (χ2v) is 4.47. The van der Waals surface area contributed by atoms with Gasteiger partial charge in [-0.15, -0.1) is 0 Å². The number of hydrogen-bond acceptors (Lipinski definition) is 5. The normalized spacial score (nSPS) is 18.7. The van der Waals surface area contributed by atoms with Gasteiger partial charge in [0.1, 0.15) is 18.2 Å². The molecule has 6 heteroatoms. The van der Waals surface area contributed by atoms with Crippen LogP contribution in [0, 0.1) is 5.82 Å². The smallest absolute Gasteiger partial charge is 0.163 e. The number of methoxy groups -OCH3 is 1. The zero-order chi connectivity index (χ0) is 14.7. The Hall–Kier alpha value is -2.15. The standard InChI is InChI=1S/C15H15FN2O3/c1-19-11-6-8-12(9-7-11)20-18-10-17-15(21-18)13-4-2-3-5-14(13)16/h2-9,15,17H,10H2,1H3. The second kappa shape index (κ2) is 6.09. The molecule has 2 aromatic rings. The van der Waals surface area contributed by atoms with Crippen molar-refractivity contribution in [3.05, 3.63) is 59.9 Å². The molecular formula is C15H15FN2O3. The minimum absolute atomic E-state index is 0.318. The molecule has 1 saturated heterocycles. The Labute approximate surface area is 121 Å². The van der Waals surface area contributed by atoms with E-state index in [0.29, 0.717) is 18.0 Å². The maximum absolute atomic E-state index is 13.7. The fourth-order valence-corrected chi connectivity index (χ4v) is 2.01. The summed E-state index contributed by atoms with van der Waals surface area (Å²) in [6.07, 6.45) is -0.565. The number of ether oxygens (including phenoxy) is 1. The number of hydrogen-bond donors (Lipinski definition) is 1. The Balaban J connectivity index is 1.63. The highest BCUT2D eigenvalue weighted by molar-refractivity contribution is 5.30. The van der Waals surface area contributed by atoms with E-state index in [2.05, 4.69) is 5.32 Å². The number of benzene rings is 2. The number of hydroxylamine groups is 2. The molecule has 0 saturated carbocycles. The molecule has 0 aromatic heterocycles. The van der Waals surface area contributed by atoms with E-state index in [1.807, 2.05) is 0 Å². The van der Waals surface area contributed by atoms with Crippen molar-refractivity contribution in [2.75, 3.05) is 13.8 Å². The highest BCUT2D eigenvalue weighted by Gasteiger charge is 2.27. The van der Waals surface area contributed by atoms with Gasteiger partial charge in [-0.25, -0.2) is 9.23 Å². The van der Waals surface area contributed by atoms with E-state index in [9.17, 15) is 4.39 Å². The van der Waals surface area contributed by atoms with Crippen LogP contribution in [0.1, 0.15) is 11.8 Å². The van der Waals surface area contributed by atoms with Crippen molar-refractivity contribution in [3.8, 4) is 11.5 Å². The lowest BCUT2D eigenvalue weighted by Crippen LogP contribution is -2.24. The fourth-order valence-electron chi connectivity index (χ4n) is 2.01. The Morgan fingerprint density at radius 2 is 1.86 bits per heavy atom. The average Bonchev–Trinajstić information content (AvgIpc) is 2.97. The van der Waals surface area contributed by atoms with Crippen LogP contribution in [-0.2, 0) is 4.84 Å². The number of halogens is 1. The Morgan fingerprint density at radius 3 is 2.57 bits per heavy atom. The molecule has 1 aliphatic rings. The lowest BCUT2D eigenvalue weighted by atomic mass is 10.2. The summed E-state index contributed by atoms with van der Waals surface area (Å²) in [4.78, 5) is 11.1. The third-order valence-corrected chi connectivity index (χ3v) is 3.08. The molecule has 0 radical (unpaired) electrons. The Bertz CT molecular complexity index is 606. The van der Waals surface area contributed by atoms with Crippen LogP contribution in [0.5, 0.6) is 11.5 Å².